The average Bonchev–Trinajstić information content (AvgIpc) is 2.44. The van der Waals surface area contributed by atoms with Crippen LogP contribution in [0, 0.1) is 12.7 Å². The molecule has 0 aliphatic carbocycles. The molecule has 2 amide bonds. The summed E-state index contributed by atoms with van der Waals surface area (Å²) >= 11 is 5.49. The fourth-order valence-corrected chi connectivity index (χ4v) is 2.10. The third-order valence-electron chi connectivity index (χ3n) is 2.53. The highest BCUT2D eigenvalue weighted by Gasteiger charge is 2.07. The van der Waals surface area contributed by atoms with Gasteiger partial charge in [0.25, 0.3) is 10.1 Å². The van der Waals surface area contributed by atoms with E-state index in [2.05, 4.69) is 5.32 Å². The van der Waals surface area contributed by atoms with Crippen molar-refractivity contribution in [3.8, 4) is 0 Å². The predicted octanol–water partition coefficient (Wildman–Crippen LogP) is 3.21. The summed E-state index contributed by atoms with van der Waals surface area (Å²) in [5.41, 5.74) is 5.94. The van der Waals surface area contributed by atoms with Crippen molar-refractivity contribution in [3.63, 3.8) is 0 Å². The molecule has 0 heterocycles. The molecule has 6 nitrogen and oxygen atoms in total. The Morgan fingerprint density at radius 1 is 1.22 bits per heavy atom. The summed E-state index contributed by atoms with van der Waals surface area (Å²) in [4.78, 5) is 10.3. The summed E-state index contributed by atoms with van der Waals surface area (Å²) in [7, 11) is -4.02. The summed E-state index contributed by atoms with van der Waals surface area (Å²) in [6.45, 7) is 1.84. The number of hydrogen-bond acceptors (Lipinski definition) is 3. The van der Waals surface area contributed by atoms with Crippen LogP contribution in [0.3, 0.4) is 0 Å². The van der Waals surface area contributed by atoms with E-state index in [9.17, 15) is 17.6 Å². The maximum absolute atomic E-state index is 12.7. The fraction of sp³-hybridized carbons (Fsp3) is 0.0714. The van der Waals surface area contributed by atoms with E-state index >= 15 is 0 Å². The number of rotatable bonds is 2. The molecule has 124 valence electrons. The largest absolute Gasteiger partial charge is 0.351 e. The van der Waals surface area contributed by atoms with E-state index in [1.807, 2.05) is 6.92 Å². The fourth-order valence-electron chi connectivity index (χ4n) is 1.44. The van der Waals surface area contributed by atoms with Gasteiger partial charge in [-0.05, 0) is 31.2 Å². The molecule has 0 aromatic heterocycles. The molecule has 0 spiro atoms. The number of amides is 2. The second kappa shape index (κ2) is 7.91. The van der Waals surface area contributed by atoms with Crippen LogP contribution in [-0.2, 0) is 10.1 Å². The van der Waals surface area contributed by atoms with Crippen molar-refractivity contribution in [3.05, 3.63) is 58.9 Å². The number of hydrogen-bond donors (Lipinski definition) is 3. The van der Waals surface area contributed by atoms with E-state index in [-0.39, 0.29) is 15.6 Å². The molecule has 2 aromatic carbocycles. The Bertz CT molecular complexity index is 795. The zero-order valence-electron chi connectivity index (χ0n) is 12.0. The van der Waals surface area contributed by atoms with Crippen molar-refractivity contribution in [2.24, 2.45) is 5.73 Å². The Hall–Kier alpha value is -2.16. The predicted molar refractivity (Wildman–Crippen MR) is 85.6 cm³/mol. The average molecular weight is 361 g/mol. The maximum Gasteiger partial charge on any atom is 0.316 e. The standard InChI is InChI=1S/C7H6ClFN2O.C7H8O3S/c8-6-4(9)2-1-3-5(6)11-7(10)12;1-6-2-4-7(5-3-6)11(8,9)10/h1-3H,(H3,10,11,12);2-5H,1H3,(H,8,9,10). The molecule has 0 unspecified atom stereocenters. The van der Waals surface area contributed by atoms with Crippen molar-refractivity contribution in [2.45, 2.75) is 11.8 Å². The van der Waals surface area contributed by atoms with Crippen molar-refractivity contribution in [1.82, 2.24) is 0 Å². The van der Waals surface area contributed by atoms with Gasteiger partial charge in [-0.15, -0.1) is 0 Å². The number of benzene rings is 2. The van der Waals surface area contributed by atoms with Crippen LogP contribution >= 0.6 is 11.6 Å². The van der Waals surface area contributed by atoms with Crippen molar-refractivity contribution in [1.29, 1.82) is 0 Å². The number of carbonyl (C=O) groups is 1. The Morgan fingerprint density at radius 2 is 1.78 bits per heavy atom. The Labute approximate surface area is 137 Å². The molecular weight excluding hydrogens is 347 g/mol. The van der Waals surface area contributed by atoms with Gasteiger partial charge in [-0.25, -0.2) is 9.18 Å². The highest BCUT2D eigenvalue weighted by Crippen LogP contribution is 2.23. The van der Waals surface area contributed by atoms with E-state index in [0.29, 0.717) is 0 Å². The summed E-state index contributed by atoms with van der Waals surface area (Å²) < 4.78 is 42.3. The topological polar surface area (TPSA) is 109 Å². The third-order valence-corrected chi connectivity index (χ3v) is 3.78. The monoisotopic (exact) mass is 360 g/mol. The number of urea groups is 1. The third kappa shape index (κ3) is 6.23. The minimum absolute atomic E-state index is 0.0666. The first kappa shape index (κ1) is 18.9. The highest BCUT2D eigenvalue weighted by molar-refractivity contribution is 7.85. The first-order chi connectivity index (χ1) is 10.6. The molecule has 0 radical (unpaired) electrons. The summed E-state index contributed by atoms with van der Waals surface area (Å²) in [5, 5.41) is 2.04. The van der Waals surface area contributed by atoms with Crippen molar-refractivity contribution < 1.29 is 22.2 Å². The second-order valence-corrected chi connectivity index (χ2v) is 6.18. The lowest BCUT2D eigenvalue weighted by Gasteiger charge is -2.03. The first-order valence-electron chi connectivity index (χ1n) is 6.16. The Morgan fingerprint density at radius 3 is 2.26 bits per heavy atom. The maximum atomic E-state index is 12.7. The number of halogens is 2. The van der Waals surface area contributed by atoms with Gasteiger partial charge < -0.3 is 11.1 Å². The number of primary amides is 1. The molecule has 9 heteroatoms. The van der Waals surface area contributed by atoms with Crippen molar-refractivity contribution >= 4 is 33.4 Å². The molecule has 23 heavy (non-hydrogen) atoms. The van der Waals surface area contributed by atoms with Crippen LogP contribution in [0.4, 0.5) is 14.9 Å². The van der Waals surface area contributed by atoms with Crippen LogP contribution in [0.15, 0.2) is 47.4 Å². The number of nitrogens with one attached hydrogen (secondary N) is 1. The lowest BCUT2D eigenvalue weighted by molar-refractivity contribution is 0.259. The smallest absolute Gasteiger partial charge is 0.316 e. The van der Waals surface area contributed by atoms with E-state index < -0.39 is 22.0 Å². The number of carbonyl (C=O) groups excluding carboxylic acids is 1. The zero-order chi connectivity index (χ0) is 17.6. The molecule has 0 atom stereocenters. The quantitative estimate of drug-likeness (QED) is 0.714. The zero-order valence-corrected chi connectivity index (χ0v) is 13.5. The van der Waals surface area contributed by atoms with Crippen LogP contribution in [0.1, 0.15) is 5.56 Å². The molecule has 4 N–H and O–H groups in total. The van der Waals surface area contributed by atoms with Gasteiger partial charge in [0.05, 0.1) is 15.6 Å². The van der Waals surface area contributed by atoms with Crippen LogP contribution in [0.2, 0.25) is 5.02 Å². The summed E-state index contributed by atoms with van der Waals surface area (Å²) in [6.07, 6.45) is 0. The van der Waals surface area contributed by atoms with Gasteiger partial charge in [0, 0.05) is 0 Å². The van der Waals surface area contributed by atoms with Gasteiger partial charge >= 0.3 is 6.03 Å². The minimum atomic E-state index is -4.02. The molecule has 0 aliphatic heterocycles. The first-order valence-corrected chi connectivity index (χ1v) is 7.97. The number of anilines is 1. The summed E-state index contributed by atoms with van der Waals surface area (Å²) in [5.74, 6) is -0.595. The SMILES string of the molecule is Cc1ccc(S(=O)(=O)O)cc1.NC(=O)Nc1cccc(F)c1Cl. The van der Waals surface area contributed by atoms with Crippen LogP contribution in [0.25, 0.3) is 0 Å². The van der Waals surface area contributed by atoms with Gasteiger partial charge in [0.1, 0.15) is 5.82 Å². The second-order valence-electron chi connectivity index (χ2n) is 4.38. The number of aryl methyl sites for hydroxylation is 1. The Balaban J connectivity index is 0.000000231. The normalized spacial score (nSPS) is 10.4. The van der Waals surface area contributed by atoms with E-state index in [1.54, 1.807) is 12.1 Å². The summed E-state index contributed by atoms with van der Waals surface area (Å²) in [6, 6.07) is 9.28. The Kier molecular flexibility index (Phi) is 6.49. The van der Waals surface area contributed by atoms with Gasteiger partial charge in [-0.2, -0.15) is 8.42 Å². The molecular formula is C14H14ClFN2O4S. The van der Waals surface area contributed by atoms with Gasteiger partial charge in [-0.3, -0.25) is 4.55 Å². The van der Waals surface area contributed by atoms with Gasteiger partial charge in [0.2, 0.25) is 0 Å². The lowest BCUT2D eigenvalue weighted by Crippen LogP contribution is -2.19. The molecule has 0 fully saturated rings. The van der Waals surface area contributed by atoms with Crippen LogP contribution < -0.4 is 11.1 Å². The molecule has 0 bridgehead atoms. The van der Waals surface area contributed by atoms with Crippen LogP contribution in [0.5, 0.6) is 0 Å². The van der Waals surface area contributed by atoms with E-state index in [1.165, 1.54) is 30.3 Å². The molecule has 0 saturated carbocycles. The van der Waals surface area contributed by atoms with Crippen LogP contribution in [-0.4, -0.2) is 19.0 Å². The molecule has 0 saturated heterocycles. The molecule has 2 rings (SSSR count). The van der Waals surface area contributed by atoms with E-state index in [4.69, 9.17) is 21.9 Å². The molecule has 0 aliphatic rings. The van der Waals surface area contributed by atoms with Gasteiger partial charge in [-0.1, -0.05) is 35.4 Å². The van der Waals surface area contributed by atoms with E-state index in [0.717, 1.165) is 5.56 Å². The highest BCUT2D eigenvalue weighted by atomic mass is 35.5. The molecule has 2 aromatic rings. The van der Waals surface area contributed by atoms with Crippen molar-refractivity contribution in [2.75, 3.05) is 5.32 Å². The lowest BCUT2D eigenvalue weighted by atomic mass is 10.2. The van der Waals surface area contributed by atoms with Gasteiger partial charge in [0.15, 0.2) is 0 Å². The number of nitrogens with two attached hydrogens (primary N) is 1. The minimum Gasteiger partial charge on any atom is -0.351 e.